The van der Waals surface area contributed by atoms with E-state index >= 15 is 0 Å². The second-order valence-corrected chi connectivity index (χ2v) is 7.67. The summed E-state index contributed by atoms with van der Waals surface area (Å²) in [5.74, 6) is 0.869. The summed E-state index contributed by atoms with van der Waals surface area (Å²) in [5, 5.41) is 2.98. The number of ether oxygens (including phenoxy) is 1. The maximum atomic E-state index is 12.4. The van der Waals surface area contributed by atoms with E-state index in [4.69, 9.17) is 4.74 Å². The number of esters is 1. The number of hydrogen-bond donors (Lipinski definition) is 1. The summed E-state index contributed by atoms with van der Waals surface area (Å²) in [4.78, 5) is 24.4. The summed E-state index contributed by atoms with van der Waals surface area (Å²) in [7, 11) is 0. The second kappa shape index (κ2) is 11.4. The van der Waals surface area contributed by atoms with Gasteiger partial charge in [0.1, 0.15) is 0 Å². The molecule has 0 fully saturated rings. The molecule has 0 saturated carbocycles. The van der Waals surface area contributed by atoms with Crippen LogP contribution in [0.5, 0.6) is 0 Å². The summed E-state index contributed by atoms with van der Waals surface area (Å²) in [6.45, 7) is 3.63. The first-order chi connectivity index (χ1) is 13.0. The summed E-state index contributed by atoms with van der Waals surface area (Å²) in [6, 6.07) is 19.4. The van der Waals surface area contributed by atoms with E-state index in [1.165, 1.54) is 5.56 Å². The van der Waals surface area contributed by atoms with Gasteiger partial charge in [0.25, 0.3) is 0 Å². The zero-order valence-electron chi connectivity index (χ0n) is 15.9. The van der Waals surface area contributed by atoms with Gasteiger partial charge in [0.05, 0.1) is 24.3 Å². The Balaban J connectivity index is 1.84. The van der Waals surface area contributed by atoms with Crippen molar-refractivity contribution < 1.29 is 14.3 Å². The van der Waals surface area contributed by atoms with Crippen LogP contribution >= 0.6 is 11.8 Å². The standard InChI is InChI=1S/C22H27NO3S/c1-17(2)26-22(25)15-20(19-11-7-4-8-12-19)23-21(24)16-27-14-13-18-9-5-3-6-10-18/h3-12,17,20H,13-16H2,1-2H3,(H,23,24). The van der Waals surface area contributed by atoms with Crippen LogP contribution in [-0.2, 0) is 20.7 Å². The molecule has 0 heterocycles. The molecule has 2 rings (SSSR count). The number of nitrogens with one attached hydrogen (secondary N) is 1. The Morgan fingerprint density at radius 1 is 1.00 bits per heavy atom. The molecule has 4 nitrogen and oxygen atoms in total. The van der Waals surface area contributed by atoms with E-state index in [1.807, 2.05) is 62.4 Å². The molecular weight excluding hydrogens is 358 g/mol. The lowest BCUT2D eigenvalue weighted by Gasteiger charge is -2.19. The van der Waals surface area contributed by atoms with Gasteiger partial charge in [-0.2, -0.15) is 11.8 Å². The molecule has 2 aromatic carbocycles. The highest BCUT2D eigenvalue weighted by molar-refractivity contribution is 7.99. The zero-order chi connectivity index (χ0) is 19.5. The highest BCUT2D eigenvalue weighted by Gasteiger charge is 2.19. The third-order valence-corrected chi connectivity index (χ3v) is 4.85. The van der Waals surface area contributed by atoms with Crippen LogP contribution in [0.4, 0.5) is 0 Å². The van der Waals surface area contributed by atoms with E-state index in [2.05, 4.69) is 17.4 Å². The summed E-state index contributed by atoms with van der Waals surface area (Å²) >= 11 is 1.59. The molecule has 0 aromatic heterocycles. The Bertz CT molecular complexity index is 704. The smallest absolute Gasteiger partial charge is 0.308 e. The molecule has 0 aliphatic heterocycles. The Kier molecular flexibility index (Phi) is 8.92. The lowest BCUT2D eigenvalue weighted by Crippen LogP contribution is -2.32. The molecular formula is C22H27NO3S. The molecule has 5 heteroatoms. The third kappa shape index (κ3) is 8.31. The van der Waals surface area contributed by atoms with Gasteiger partial charge in [-0.15, -0.1) is 0 Å². The summed E-state index contributed by atoms with van der Waals surface area (Å²) < 4.78 is 5.24. The van der Waals surface area contributed by atoms with Gasteiger partial charge in [-0.1, -0.05) is 60.7 Å². The largest absolute Gasteiger partial charge is 0.463 e. The minimum Gasteiger partial charge on any atom is -0.463 e. The number of carbonyl (C=O) groups excluding carboxylic acids is 2. The SMILES string of the molecule is CC(C)OC(=O)CC(NC(=O)CSCCc1ccccc1)c1ccccc1. The molecule has 1 amide bonds. The van der Waals surface area contributed by atoms with Gasteiger partial charge in [0.2, 0.25) is 5.91 Å². The first-order valence-corrected chi connectivity index (χ1v) is 10.4. The molecule has 144 valence electrons. The average molecular weight is 386 g/mol. The van der Waals surface area contributed by atoms with Crippen molar-refractivity contribution >= 4 is 23.6 Å². The number of amides is 1. The van der Waals surface area contributed by atoms with Gasteiger partial charge >= 0.3 is 5.97 Å². The molecule has 0 aliphatic carbocycles. The third-order valence-electron chi connectivity index (χ3n) is 3.89. The molecule has 2 aromatic rings. The number of aryl methyl sites for hydroxylation is 1. The van der Waals surface area contributed by atoms with Crippen molar-refractivity contribution in [2.45, 2.75) is 38.8 Å². The Morgan fingerprint density at radius 3 is 2.26 bits per heavy atom. The fourth-order valence-electron chi connectivity index (χ4n) is 2.65. The van der Waals surface area contributed by atoms with Crippen LogP contribution in [0.3, 0.4) is 0 Å². The van der Waals surface area contributed by atoms with Gasteiger partial charge in [-0.3, -0.25) is 9.59 Å². The van der Waals surface area contributed by atoms with Crippen LogP contribution in [0.15, 0.2) is 60.7 Å². The highest BCUT2D eigenvalue weighted by Crippen LogP contribution is 2.18. The van der Waals surface area contributed by atoms with E-state index in [0.717, 1.165) is 17.7 Å². The number of thioether (sulfide) groups is 1. The van der Waals surface area contributed by atoms with E-state index < -0.39 is 0 Å². The van der Waals surface area contributed by atoms with Crippen LogP contribution in [-0.4, -0.2) is 29.5 Å². The Morgan fingerprint density at radius 2 is 1.63 bits per heavy atom. The summed E-state index contributed by atoms with van der Waals surface area (Å²) in [6.07, 6.45) is 0.891. The normalized spacial score (nSPS) is 11.8. The lowest BCUT2D eigenvalue weighted by molar-refractivity contribution is -0.148. The van der Waals surface area contributed by atoms with Crippen molar-refractivity contribution in [1.82, 2.24) is 5.32 Å². The number of carbonyl (C=O) groups is 2. The van der Waals surface area contributed by atoms with Gasteiger partial charge in [-0.05, 0) is 37.1 Å². The first kappa shape index (κ1) is 21.0. The Hall–Kier alpha value is -2.27. The van der Waals surface area contributed by atoms with E-state index in [9.17, 15) is 9.59 Å². The van der Waals surface area contributed by atoms with Crippen molar-refractivity contribution in [2.75, 3.05) is 11.5 Å². The van der Waals surface area contributed by atoms with Crippen molar-refractivity contribution in [3.63, 3.8) is 0 Å². The fraction of sp³-hybridized carbons (Fsp3) is 0.364. The minimum atomic E-state index is -0.375. The molecule has 27 heavy (non-hydrogen) atoms. The monoisotopic (exact) mass is 385 g/mol. The molecule has 1 atom stereocenters. The predicted octanol–water partition coefficient (Wildman–Crippen LogP) is 4.16. The summed E-state index contributed by atoms with van der Waals surface area (Å²) in [5.41, 5.74) is 2.17. The number of benzene rings is 2. The fourth-order valence-corrected chi connectivity index (χ4v) is 3.44. The Labute approximate surface area is 165 Å². The van der Waals surface area contributed by atoms with Gasteiger partial charge in [-0.25, -0.2) is 0 Å². The van der Waals surface area contributed by atoms with Gasteiger partial charge < -0.3 is 10.1 Å². The van der Waals surface area contributed by atoms with Gasteiger partial charge in [0, 0.05) is 0 Å². The topological polar surface area (TPSA) is 55.4 Å². The van der Waals surface area contributed by atoms with Crippen LogP contribution < -0.4 is 5.32 Å². The minimum absolute atomic E-state index is 0.0701. The average Bonchev–Trinajstić information content (AvgIpc) is 2.65. The van der Waals surface area contributed by atoms with Gasteiger partial charge in [0.15, 0.2) is 0 Å². The van der Waals surface area contributed by atoms with Crippen molar-refractivity contribution in [3.05, 3.63) is 71.8 Å². The van der Waals surface area contributed by atoms with Crippen molar-refractivity contribution in [3.8, 4) is 0 Å². The highest BCUT2D eigenvalue weighted by atomic mass is 32.2. The van der Waals surface area contributed by atoms with Crippen LogP contribution in [0.2, 0.25) is 0 Å². The lowest BCUT2D eigenvalue weighted by atomic mass is 10.0. The molecule has 0 bridgehead atoms. The van der Waals surface area contributed by atoms with Crippen molar-refractivity contribution in [1.29, 1.82) is 0 Å². The molecule has 1 unspecified atom stereocenters. The molecule has 1 N–H and O–H groups in total. The van der Waals surface area contributed by atoms with Crippen molar-refractivity contribution in [2.24, 2.45) is 0 Å². The number of rotatable bonds is 10. The zero-order valence-corrected chi connectivity index (χ0v) is 16.7. The van der Waals surface area contributed by atoms with E-state index in [1.54, 1.807) is 11.8 Å². The second-order valence-electron chi connectivity index (χ2n) is 6.56. The number of hydrogen-bond acceptors (Lipinski definition) is 4. The molecule has 0 radical (unpaired) electrons. The van der Waals surface area contributed by atoms with E-state index in [-0.39, 0.29) is 30.4 Å². The van der Waals surface area contributed by atoms with E-state index in [0.29, 0.717) is 5.75 Å². The van der Waals surface area contributed by atoms with Crippen LogP contribution in [0.25, 0.3) is 0 Å². The maximum absolute atomic E-state index is 12.4. The first-order valence-electron chi connectivity index (χ1n) is 9.20. The molecule has 0 aliphatic rings. The molecule has 0 spiro atoms. The van der Waals surface area contributed by atoms with Crippen LogP contribution in [0.1, 0.15) is 37.4 Å². The predicted molar refractivity (Wildman–Crippen MR) is 111 cm³/mol. The molecule has 0 saturated heterocycles. The van der Waals surface area contributed by atoms with Crippen LogP contribution in [0, 0.1) is 0 Å². The maximum Gasteiger partial charge on any atom is 0.308 e. The quantitative estimate of drug-likeness (QED) is 0.493.